The fourth-order valence-electron chi connectivity index (χ4n) is 0.916. The van der Waals surface area contributed by atoms with Gasteiger partial charge in [-0.25, -0.2) is 4.39 Å². The highest BCUT2D eigenvalue weighted by atomic mass is 19.1. The van der Waals surface area contributed by atoms with Gasteiger partial charge >= 0.3 is 0 Å². The van der Waals surface area contributed by atoms with Gasteiger partial charge in [0.05, 0.1) is 0 Å². The van der Waals surface area contributed by atoms with Gasteiger partial charge in [-0.05, 0) is 38.3 Å². The fraction of sp³-hybridized carbons (Fsp3) is 0.500. The average molecular weight is 184 g/mol. The molecular formula is C12H21F. The van der Waals surface area contributed by atoms with Gasteiger partial charge in [0.25, 0.3) is 0 Å². The van der Waals surface area contributed by atoms with Gasteiger partial charge in [-0.15, -0.1) is 13.2 Å². The number of allylic oxidation sites excluding steroid dienone is 4. The Hall–Kier alpha value is -0.850. The second-order valence-corrected chi connectivity index (χ2v) is 2.62. The first-order valence-electron chi connectivity index (χ1n) is 4.72. The molecule has 0 aromatic rings. The molecule has 0 bridgehead atoms. The summed E-state index contributed by atoms with van der Waals surface area (Å²) in [6.07, 6.45) is 3.55. The third-order valence-corrected chi connectivity index (χ3v) is 1.68. The van der Waals surface area contributed by atoms with E-state index in [-0.39, 0.29) is 5.83 Å². The van der Waals surface area contributed by atoms with Gasteiger partial charge in [-0.3, -0.25) is 0 Å². The molecule has 0 fully saturated rings. The van der Waals surface area contributed by atoms with E-state index >= 15 is 0 Å². The third kappa shape index (κ3) is 6.32. The smallest absolute Gasteiger partial charge is 0.122 e. The van der Waals surface area contributed by atoms with Crippen LogP contribution < -0.4 is 0 Å². The standard InChI is InChI=1S/C8H11F.C2H6.C2H4/c1-6-3-4-7(2)8(9)5-6;2*1-2/h5H,3-4H2,1-2H3;1-2H3;1-2H2. The second-order valence-electron chi connectivity index (χ2n) is 2.62. The molecule has 0 amide bonds. The Bertz CT molecular complexity index is 187. The molecule has 0 saturated heterocycles. The van der Waals surface area contributed by atoms with E-state index < -0.39 is 0 Å². The molecule has 0 aliphatic heterocycles. The van der Waals surface area contributed by atoms with Crippen LogP contribution in [-0.4, -0.2) is 0 Å². The first kappa shape index (κ1) is 14.7. The lowest BCUT2D eigenvalue weighted by Crippen LogP contribution is -1.90. The minimum absolute atomic E-state index is 0.0289. The van der Waals surface area contributed by atoms with Crippen LogP contribution in [0.2, 0.25) is 0 Å². The molecule has 0 aromatic carbocycles. The number of hydrogen-bond acceptors (Lipinski definition) is 0. The van der Waals surface area contributed by atoms with Crippen LogP contribution in [0.4, 0.5) is 4.39 Å². The van der Waals surface area contributed by atoms with Crippen LogP contribution >= 0.6 is 0 Å². The molecule has 1 aliphatic carbocycles. The van der Waals surface area contributed by atoms with Crippen molar-refractivity contribution in [1.29, 1.82) is 0 Å². The van der Waals surface area contributed by atoms with Gasteiger partial charge in [0.15, 0.2) is 0 Å². The van der Waals surface area contributed by atoms with Crippen molar-refractivity contribution in [2.75, 3.05) is 0 Å². The fourth-order valence-corrected chi connectivity index (χ4v) is 0.916. The molecule has 1 aliphatic rings. The van der Waals surface area contributed by atoms with E-state index in [4.69, 9.17) is 0 Å². The van der Waals surface area contributed by atoms with E-state index in [0.29, 0.717) is 0 Å². The third-order valence-electron chi connectivity index (χ3n) is 1.68. The van der Waals surface area contributed by atoms with E-state index in [1.165, 1.54) is 0 Å². The summed E-state index contributed by atoms with van der Waals surface area (Å²) in [7, 11) is 0. The van der Waals surface area contributed by atoms with Crippen LogP contribution in [0.5, 0.6) is 0 Å². The predicted molar refractivity (Wildman–Crippen MR) is 59.4 cm³/mol. The summed E-state index contributed by atoms with van der Waals surface area (Å²) in [4.78, 5) is 0. The highest BCUT2D eigenvalue weighted by Gasteiger charge is 2.05. The lowest BCUT2D eigenvalue weighted by Gasteiger charge is -2.08. The molecule has 0 radical (unpaired) electrons. The second kappa shape index (κ2) is 9.24. The van der Waals surface area contributed by atoms with Crippen molar-refractivity contribution >= 4 is 0 Å². The first-order valence-corrected chi connectivity index (χ1v) is 4.72. The minimum atomic E-state index is -0.0289. The number of hydrogen-bond donors (Lipinski definition) is 0. The molecule has 13 heavy (non-hydrogen) atoms. The Morgan fingerprint density at radius 2 is 1.62 bits per heavy atom. The van der Waals surface area contributed by atoms with Gasteiger partial charge in [0.1, 0.15) is 5.83 Å². The van der Waals surface area contributed by atoms with Crippen LogP contribution in [0.3, 0.4) is 0 Å². The normalized spacial score (nSPS) is 14.7. The summed E-state index contributed by atoms with van der Waals surface area (Å²) in [5, 5.41) is 0. The van der Waals surface area contributed by atoms with Crippen molar-refractivity contribution in [2.24, 2.45) is 0 Å². The van der Waals surface area contributed by atoms with Crippen molar-refractivity contribution < 1.29 is 4.39 Å². The number of halogens is 1. The Morgan fingerprint density at radius 3 is 1.92 bits per heavy atom. The van der Waals surface area contributed by atoms with E-state index in [0.717, 1.165) is 24.0 Å². The molecule has 0 N–H and O–H groups in total. The Kier molecular flexibility index (Phi) is 10.4. The van der Waals surface area contributed by atoms with Crippen LogP contribution in [0.15, 0.2) is 36.2 Å². The summed E-state index contributed by atoms with van der Waals surface area (Å²) in [6.45, 7) is 13.8. The molecule has 0 atom stereocenters. The van der Waals surface area contributed by atoms with Crippen LogP contribution in [0.25, 0.3) is 0 Å². The highest BCUT2D eigenvalue weighted by molar-refractivity contribution is 5.26. The van der Waals surface area contributed by atoms with Gasteiger partial charge in [-0.2, -0.15) is 0 Å². The minimum Gasteiger partial charge on any atom is -0.207 e. The van der Waals surface area contributed by atoms with Crippen molar-refractivity contribution in [2.45, 2.75) is 40.5 Å². The quantitative estimate of drug-likeness (QED) is 0.474. The van der Waals surface area contributed by atoms with Crippen molar-refractivity contribution in [3.8, 4) is 0 Å². The van der Waals surface area contributed by atoms with E-state index in [1.54, 1.807) is 6.08 Å². The summed E-state index contributed by atoms with van der Waals surface area (Å²) >= 11 is 0. The maximum atomic E-state index is 12.6. The molecule has 1 heteroatoms. The summed E-state index contributed by atoms with van der Waals surface area (Å²) in [5.41, 5.74) is 2.04. The zero-order valence-electron chi connectivity index (χ0n) is 9.28. The van der Waals surface area contributed by atoms with Crippen LogP contribution in [0.1, 0.15) is 40.5 Å². The molecule has 76 valence electrons. The monoisotopic (exact) mass is 184 g/mol. The van der Waals surface area contributed by atoms with E-state index in [9.17, 15) is 4.39 Å². The Labute approximate surface area is 81.9 Å². The van der Waals surface area contributed by atoms with Crippen LogP contribution in [0, 0.1) is 0 Å². The zero-order valence-corrected chi connectivity index (χ0v) is 9.28. The van der Waals surface area contributed by atoms with Gasteiger partial charge in [0.2, 0.25) is 0 Å². The molecule has 0 spiro atoms. The highest BCUT2D eigenvalue weighted by Crippen LogP contribution is 2.23. The van der Waals surface area contributed by atoms with Gasteiger partial charge in [-0.1, -0.05) is 19.4 Å². The van der Waals surface area contributed by atoms with E-state index in [1.807, 2.05) is 27.7 Å². The summed E-state index contributed by atoms with van der Waals surface area (Å²) in [5.74, 6) is -0.0289. The largest absolute Gasteiger partial charge is 0.207 e. The summed E-state index contributed by atoms with van der Waals surface area (Å²) < 4.78 is 12.6. The Balaban J connectivity index is 0. The van der Waals surface area contributed by atoms with Crippen LogP contribution in [-0.2, 0) is 0 Å². The van der Waals surface area contributed by atoms with Crippen molar-refractivity contribution in [3.63, 3.8) is 0 Å². The summed E-state index contributed by atoms with van der Waals surface area (Å²) in [6, 6.07) is 0. The maximum Gasteiger partial charge on any atom is 0.122 e. The lowest BCUT2D eigenvalue weighted by atomic mass is 10.0. The molecule has 0 heterocycles. The first-order chi connectivity index (χ1) is 6.20. The Morgan fingerprint density at radius 1 is 1.15 bits per heavy atom. The van der Waals surface area contributed by atoms with E-state index in [2.05, 4.69) is 13.2 Å². The predicted octanol–water partition coefficient (Wildman–Crippen LogP) is 4.80. The molecule has 0 nitrogen and oxygen atoms in total. The molecule has 0 unspecified atom stereocenters. The molecule has 1 rings (SSSR count). The topological polar surface area (TPSA) is 0 Å². The van der Waals surface area contributed by atoms with Crippen molar-refractivity contribution in [1.82, 2.24) is 0 Å². The lowest BCUT2D eigenvalue weighted by molar-refractivity contribution is 0.630. The molecule has 0 saturated carbocycles. The maximum absolute atomic E-state index is 12.6. The number of rotatable bonds is 0. The van der Waals surface area contributed by atoms with Gasteiger partial charge < -0.3 is 0 Å². The average Bonchev–Trinajstić information content (AvgIpc) is 2.18. The van der Waals surface area contributed by atoms with Gasteiger partial charge in [0, 0.05) is 0 Å². The molecule has 0 aromatic heterocycles. The zero-order chi connectivity index (χ0) is 10.9. The molecular weight excluding hydrogens is 163 g/mol. The van der Waals surface area contributed by atoms with Crippen molar-refractivity contribution in [3.05, 3.63) is 36.2 Å². The SMILES string of the molecule is C=C.CC.CC1=CC(F)=C(C)CC1.